The van der Waals surface area contributed by atoms with Crippen LogP contribution in [-0.4, -0.2) is 27.8 Å². The lowest BCUT2D eigenvalue weighted by Gasteiger charge is -2.13. The number of aromatic nitrogens is 2. The molecule has 102 valence electrons. The lowest BCUT2D eigenvalue weighted by Crippen LogP contribution is -2.31. The predicted molar refractivity (Wildman–Crippen MR) is 70.4 cm³/mol. The summed E-state index contributed by atoms with van der Waals surface area (Å²) in [6, 6.07) is 1.89. The highest BCUT2D eigenvalue weighted by molar-refractivity contribution is 5.92. The summed E-state index contributed by atoms with van der Waals surface area (Å²) in [4.78, 5) is 11.9. The molecule has 5 nitrogen and oxygen atoms in total. The smallest absolute Gasteiger partial charge is 0.269 e. The molecule has 0 saturated heterocycles. The van der Waals surface area contributed by atoms with Gasteiger partial charge in [-0.1, -0.05) is 0 Å². The van der Waals surface area contributed by atoms with Gasteiger partial charge in [0, 0.05) is 13.1 Å². The Morgan fingerprint density at radius 1 is 1.33 bits per heavy atom. The molecule has 0 spiro atoms. The quantitative estimate of drug-likeness (QED) is 0.873. The number of nitrogens with zero attached hydrogens (tertiary/aromatic N) is 2. The van der Waals surface area contributed by atoms with Crippen molar-refractivity contribution in [3.8, 4) is 0 Å². The maximum absolute atomic E-state index is 11.9. The van der Waals surface area contributed by atoms with Crippen LogP contribution >= 0.6 is 0 Å². The summed E-state index contributed by atoms with van der Waals surface area (Å²) in [5, 5.41) is 7.18. The second-order valence-electron chi connectivity index (χ2n) is 5.03. The Hall–Kier alpha value is -1.36. The Morgan fingerprint density at radius 2 is 1.94 bits per heavy atom. The summed E-state index contributed by atoms with van der Waals surface area (Å²) in [6.45, 7) is 9.75. The minimum Gasteiger partial charge on any atom is -0.369 e. The summed E-state index contributed by atoms with van der Waals surface area (Å²) in [6.07, 6.45) is 0.0201. The first-order chi connectivity index (χ1) is 8.31. The average Bonchev–Trinajstić information content (AvgIpc) is 2.58. The maximum Gasteiger partial charge on any atom is 0.269 e. The normalized spacial score (nSPS) is 13.1. The zero-order chi connectivity index (χ0) is 13.9. The zero-order valence-corrected chi connectivity index (χ0v) is 12.0. The van der Waals surface area contributed by atoms with Gasteiger partial charge in [-0.05, 0) is 40.7 Å². The van der Waals surface area contributed by atoms with Gasteiger partial charge in [0.15, 0.2) is 0 Å². The Balaban J connectivity index is 2.84. The zero-order valence-electron chi connectivity index (χ0n) is 12.0. The van der Waals surface area contributed by atoms with Crippen molar-refractivity contribution < 1.29 is 9.53 Å². The van der Waals surface area contributed by atoms with Crippen molar-refractivity contribution in [2.24, 2.45) is 7.05 Å². The first-order valence-corrected chi connectivity index (χ1v) is 6.31. The molecule has 1 atom stereocenters. The van der Waals surface area contributed by atoms with Gasteiger partial charge in [0.2, 0.25) is 0 Å². The van der Waals surface area contributed by atoms with Crippen LogP contribution in [0.3, 0.4) is 0 Å². The third kappa shape index (κ3) is 3.84. The van der Waals surface area contributed by atoms with Gasteiger partial charge in [-0.3, -0.25) is 9.48 Å². The summed E-state index contributed by atoms with van der Waals surface area (Å²) in [7, 11) is 1.76. The van der Waals surface area contributed by atoms with Gasteiger partial charge in [-0.25, -0.2) is 0 Å². The van der Waals surface area contributed by atoms with E-state index in [1.165, 1.54) is 0 Å². The molecule has 1 N–H and O–H groups in total. The average molecular weight is 253 g/mol. The molecule has 5 heteroatoms. The van der Waals surface area contributed by atoms with Crippen molar-refractivity contribution in [1.82, 2.24) is 15.1 Å². The third-order valence-corrected chi connectivity index (χ3v) is 2.44. The summed E-state index contributed by atoms with van der Waals surface area (Å²) < 4.78 is 7.25. The monoisotopic (exact) mass is 253 g/mol. The second kappa shape index (κ2) is 6.00. The molecule has 18 heavy (non-hydrogen) atoms. The van der Waals surface area contributed by atoms with Crippen LogP contribution in [0.5, 0.6) is 0 Å². The number of carbonyl (C=O) groups excluding carboxylic acids is 1. The predicted octanol–water partition coefficient (Wildman–Crippen LogP) is 2.04. The van der Waals surface area contributed by atoms with Gasteiger partial charge < -0.3 is 10.1 Å². The molecule has 0 aromatic carbocycles. The highest BCUT2D eigenvalue weighted by atomic mass is 16.5. The first-order valence-electron chi connectivity index (χ1n) is 6.31. The van der Waals surface area contributed by atoms with E-state index in [0.29, 0.717) is 5.69 Å². The van der Waals surface area contributed by atoms with Crippen molar-refractivity contribution in [2.45, 2.75) is 52.9 Å². The van der Waals surface area contributed by atoms with Gasteiger partial charge in [0.05, 0.1) is 17.9 Å². The topological polar surface area (TPSA) is 56.1 Å². The van der Waals surface area contributed by atoms with E-state index in [4.69, 9.17) is 4.74 Å². The molecule has 0 aliphatic rings. The molecule has 1 unspecified atom stereocenters. The van der Waals surface area contributed by atoms with Crippen LogP contribution in [0.1, 0.15) is 56.9 Å². The number of rotatable bonds is 5. The molecular formula is C13H23N3O2. The van der Waals surface area contributed by atoms with Crippen LogP contribution < -0.4 is 5.32 Å². The molecule has 1 aromatic heterocycles. The third-order valence-electron chi connectivity index (χ3n) is 2.44. The number of amides is 1. The van der Waals surface area contributed by atoms with Gasteiger partial charge in [0.25, 0.3) is 5.91 Å². The largest absolute Gasteiger partial charge is 0.369 e. The highest BCUT2D eigenvalue weighted by Crippen LogP contribution is 2.18. The molecule has 1 aromatic rings. The van der Waals surface area contributed by atoms with E-state index in [9.17, 15) is 4.79 Å². The van der Waals surface area contributed by atoms with E-state index in [0.717, 1.165) is 5.69 Å². The van der Waals surface area contributed by atoms with Gasteiger partial charge in [0.1, 0.15) is 5.69 Å². The molecule has 0 saturated carbocycles. The minimum atomic E-state index is -0.114. The van der Waals surface area contributed by atoms with Crippen molar-refractivity contribution in [1.29, 1.82) is 0 Å². The van der Waals surface area contributed by atoms with E-state index in [-0.39, 0.29) is 24.2 Å². The fraction of sp³-hybridized carbons (Fsp3) is 0.692. The molecule has 1 heterocycles. The van der Waals surface area contributed by atoms with Crippen LogP contribution in [0.15, 0.2) is 6.07 Å². The van der Waals surface area contributed by atoms with E-state index in [2.05, 4.69) is 10.4 Å². The highest BCUT2D eigenvalue weighted by Gasteiger charge is 2.18. The van der Waals surface area contributed by atoms with Crippen molar-refractivity contribution in [2.75, 3.05) is 0 Å². The molecular weight excluding hydrogens is 230 g/mol. The Morgan fingerprint density at radius 3 is 2.44 bits per heavy atom. The Kier molecular flexibility index (Phi) is 4.90. The summed E-state index contributed by atoms with van der Waals surface area (Å²) in [5.74, 6) is -0.108. The van der Waals surface area contributed by atoms with E-state index in [1.54, 1.807) is 17.8 Å². The fourth-order valence-electron chi connectivity index (χ4n) is 1.71. The number of hydrogen-bond donors (Lipinski definition) is 1. The minimum absolute atomic E-state index is 0.108. The molecule has 0 fully saturated rings. The molecule has 1 rings (SSSR count). The number of hydrogen-bond acceptors (Lipinski definition) is 3. The van der Waals surface area contributed by atoms with Gasteiger partial charge in [-0.2, -0.15) is 5.10 Å². The number of carbonyl (C=O) groups is 1. The molecule has 0 aliphatic heterocycles. The lowest BCUT2D eigenvalue weighted by atomic mass is 10.2. The van der Waals surface area contributed by atoms with E-state index >= 15 is 0 Å². The van der Waals surface area contributed by atoms with Crippen LogP contribution in [0.4, 0.5) is 0 Å². The van der Waals surface area contributed by atoms with Crippen molar-refractivity contribution >= 4 is 5.91 Å². The Labute approximate surface area is 109 Å². The SMILES string of the molecule is CC(C)NC(=O)c1cc(C(C)OC(C)C)nn1C. The summed E-state index contributed by atoms with van der Waals surface area (Å²) >= 11 is 0. The molecule has 0 radical (unpaired) electrons. The molecule has 0 bridgehead atoms. The van der Waals surface area contributed by atoms with Crippen LogP contribution in [0, 0.1) is 0 Å². The standard InChI is InChI=1S/C13H23N3O2/c1-8(2)14-13(17)12-7-11(15-16(12)6)10(5)18-9(3)4/h7-10H,1-6H3,(H,14,17). The summed E-state index contributed by atoms with van der Waals surface area (Å²) in [5.41, 5.74) is 1.33. The number of ether oxygens (including phenoxy) is 1. The van der Waals surface area contributed by atoms with Crippen LogP contribution in [0.2, 0.25) is 0 Å². The van der Waals surface area contributed by atoms with Gasteiger partial charge >= 0.3 is 0 Å². The van der Waals surface area contributed by atoms with Crippen LogP contribution in [0.25, 0.3) is 0 Å². The van der Waals surface area contributed by atoms with Crippen LogP contribution in [-0.2, 0) is 11.8 Å². The first kappa shape index (κ1) is 14.7. The number of nitrogens with one attached hydrogen (secondary N) is 1. The van der Waals surface area contributed by atoms with Crippen molar-refractivity contribution in [3.63, 3.8) is 0 Å². The number of aryl methyl sites for hydroxylation is 1. The van der Waals surface area contributed by atoms with E-state index < -0.39 is 0 Å². The van der Waals surface area contributed by atoms with E-state index in [1.807, 2.05) is 34.6 Å². The second-order valence-corrected chi connectivity index (χ2v) is 5.03. The van der Waals surface area contributed by atoms with Gasteiger partial charge in [-0.15, -0.1) is 0 Å². The Bertz CT molecular complexity index is 410. The maximum atomic E-state index is 11.9. The molecule has 0 aliphatic carbocycles. The fourth-order valence-corrected chi connectivity index (χ4v) is 1.71. The molecule has 1 amide bonds. The van der Waals surface area contributed by atoms with Crippen molar-refractivity contribution in [3.05, 3.63) is 17.5 Å². The lowest BCUT2D eigenvalue weighted by molar-refractivity contribution is 0.0152.